The van der Waals surface area contributed by atoms with Crippen molar-refractivity contribution in [3.8, 4) is 0 Å². The number of likely N-dealkylation sites (tertiary alicyclic amines) is 1. The summed E-state index contributed by atoms with van der Waals surface area (Å²) in [5.74, 6) is 1.63. The van der Waals surface area contributed by atoms with Gasteiger partial charge in [-0.2, -0.15) is 0 Å². The number of aryl methyl sites for hydroxylation is 1. The number of aromatic nitrogens is 1. The van der Waals surface area contributed by atoms with E-state index in [9.17, 15) is 14.4 Å². The lowest BCUT2D eigenvalue weighted by Gasteiger charge is -2.43. The molecular formula is C26H39N5O4. The van der Waals surface area contributed by atoms with Gasteiger partial charge >= 0.3 is 0 Å². The number of hydrogen-bond donors (Lipinski definition) is 2. The topological polar surface area (TPSA) is 122 Å². The van der Waals surface area contributed by atoms with Crippen molar-refractivity contribution in [3.63, 3.8) is 0 Å². The summed E-state index contributed by atoms with van der Waals surface area (Å²) in [7, 11) is 0. The lowest BCUT2D eigenvalue weighted by molar-refractivity contribution is -0.144. The van der Waals surface area contributed by atoms with Gasteiger partial charge in [-0.05, 0) is 89.5 Å². The van der Waals surface area contributed by atoms with Crippen LogP contribution in [-0.4, -0.2) is 70.4 Å². The van der Waals surface area contributed by atoms with Gasteiger partial charge in [0.05, 0.1) is 0 Å². The second-order valence-electron chi connectivity index (χ2n) is 11.1. The Morgan fingerprint density at radius 1 is 1.06 bits per heavy atom. The molecule has 0 bridgehead atoms. The average molecular weight is 486 g/mol. The fourth-order valence-electron chi connectivity index (χ4n) is 5.89. The summed E-state index contributed by atoms with van der Waals surface area (Å²) >= 11 is 0. The molecule has 2 heterocycles. The molecule has 9 nitrogen and oxygen atoms in total. The summed E-state index contributed by atoms with van der Waals surface area (Å²) in [4.78, 5) is 43.6. The maximum Gasteiger partial charge on any atom is 0.276 e. The van der Waals surface area contributed by atoms with Gasteiger partial charge in [0.25, 0.3) is 5.91 Å². The van der Waals surface area contributed by atoms with E-state index >= 15 is 0 Å². The van der Waals surface area contributed by atoms with E-state index in [1.807, 2.05) is 4.90 Å². The number of piperidine rings is 1. The number of amides is 3. The highest BCUT2D eigenvalue weighted by atomic mass is 16.5. The molecular weight excluding hydrogens is 446 g/mol. The van der Waals surface area contributed by atoms with Crippen molar-refractivity contribution in [2.75, 3.05) is 19.6 Å². The van der Waals surface area contributed by atoms with Crippen LogP contribution in [-0.2, 0) is 9.59 Å². The Morgan fingerprint density at radius 2 is 1.77 bits per heavy atom. The first-order valence-corrected chi connectivity index (χ1v) is 13.5. The van der Waals surface area contributed by atoms with E-state index in [2.05, 4.69) is 10.5 Å². The Labute approximate surface area is 207 Å². The number of nitrogens with two attached hydrogens (primary N) is 1. The molecule has 0 aromatic carbocycles. The summed E-state index contributed by atoms with van der Waals surface area (Å²) in [5, 5.41) is 7.12. The summed E-state index contributed by atoms with van der Waals surface area (Å²) < 4.78 is 5.15. The second-order valence-corrected chi connectivity index (χ2v) is 11.1. The van der Waals surface area contributed by atoms with Crippen LogP contribution in [0, 0.1) is 24.7 Å². The van der Waals surface area contributed by atoms with Crippen LogP contribution < -0.4 is 11.1 Å². The SMILES string of the molecule is Cc1cc(C(=O)N(C2CC2)C2CCN(C(=O)C3CC3)[C@@H](C(=O)NCC3CCC(CN)CC3)C2)no1. The average Bonchev–Trinajstić information content (AvgIpc) is 3.81. The van der Waals surface area contributed by atoms with Gasteiger partial charge in [-0.3, -0.25) is 14.4 Å². The molecule has 5 rings (SSSR count). The number of nitrogens with one attached hydrogen (secondary N) is 1. The van der Waals surface area contributed by atoms with E-state index in [0.29, 0.717) is 49.2 Å². The summed E-state index contributed by atoms with van der Waals surface area (Å²) in [5.41, 5.74) is 6.14. The van der Waals surface area contributed by atoms with E-state index < -0.39 is 6.04 Å². The predicted molar refractivity (Wildman–Crippen MR) is 129 cm³/mol. The zero-order chi connectivity index (χ0) is 24.5. The first-order chi connectivity index (χ1) is 16.9. The van der Waals surface area contributed by atoms with E-state index in [0.717, 1.165) is 57.9 Å². The third-order valence-electron chi connectivity index (χ3n) is 8.37. The van der Waals surface area contributed by atoms with Crippen LogP contribution in [0.4, 0.5) is 0 Å². The molecule has 2 atom stereocenters. The fourth-order valence-corrected chi connectivity index (χ4v) is 5.89. The highest BCUT2D eigenvalue weighted by Gasteiger charge is 2.46. The lowest BCUT2D eigenvalue weighted by atomic mass is 9.82. The van der Waals surface area contributed by atoms with Crippen molar-refractivity contribution in [2.45, 2.75) is 89.3 Å². The van der Waals surface area contributed by atoms with Crippen LogP contribution in [0.2, 0.25) is 0 Å². The number of carbonyl (C=O) groups excluding carboxylic acids is 3. The molecule has 1 aromatic rings. The first kappa shape index (κ1) is 24.3. The summed E-state index contributed by atoms with van der Waals surface area (Å²) in [6, 6.07) is 1.23. The second kappa shape index (κ2) is 10.3. The van der Waals surface area contributed by atoms with E-state index in [-0.39, 0.29) is 35.7 Å². The quantitative estimate of drug-likeness (QED) is 0.582. The molecule has 3 saturated carbocycles. The molecule has 1 unspecified atom stereocenters. The number of nitrogens with zero attached hydrogens (tertiary/aromatic N) is 3. The molecule has 4 fully saturated rings. The van der Waals surface area contributed by atoms with Crippen molar-refractivity contribution in [3.05, 3.63) is 17.5 Å². The van der Waals surface area contributed by atoms with Gasteiger partial charge in [0.15, 0.2) is 5.69 Å². The first-order valence-electron chi connectivity index (χ1n) is 13.5. The van der Waals surface area contributed by atoms with Gasteiger partial charge in [0, 0.05) is 37.2 Å². The Bertz CT molecular complexity index is 932. The molecule has 4 aliphatic rings. The highest BCUT2D eigenvalue weighted by Crippen LogP contribution is 2.37. The molecule has 1 aliphatic heterocycles. The molecule has 1 aromatic heterocycles. The van der Waals surface area contributed by atoms with Gasteiger partial charge in [0.2, 0.25) is 11.8 Å². The van der Waals surface area contributed by atoms with Crippen LogP contribution in [0.25, 0.3) is 0 Å². The smallest absolute Gasteiger partial charge is 0.276 e. The van der Waals surface area contributed by atoms with E-state index in [1.165, 1.54) is 0 Å². The molecule has 3 N–H and O–H groups in total. The van der Waals surface area contributed by atoms with Crippen molar-refractivity contribution in [1.82, 2.24) is 20.3 Å². The minimum atomic E-state index is -0.532. The molecule has 192 valence electrons. The zero-order valence-electron chi connectivity index (χ0n) is 20.8. The lowest BCUT2D eigenvalue weighted by Crippen LogP contribution is -2.59. The minimum absolute atomic E-state index is 0.0627. The van der Waals surface area contributed by atoms with Gasteiger partial charge in [-0.25, -0.2) is 0 Å². The Balaban J connectivity index is 1.27. The van der Waals surface area contributed by atoms with Gasteiger partial charge < -0.3 is 25.4 Å². The molecule has 0 spiro atoms. The molecule has 1 saturated heterocycles. The van der Waals surface area contributed by atoms with Gasteiger partial charge in [-0.1, -0.05) is 5.16 Å². The molecule has 9 heteroatoms. The van der Waals surface area contributed by atoms with Gasteiger partial charge in [0.1, 0.15) is 11.8 Å². The fraction of sp³-hybridized carbons (Fsp3) is 0.769. The Hall–Kier alpha value is -2.42. The molecule has 35 heavy (non-hydrogen) atoms. The minimum Gasteiger partial charge on any atom is -0.361 e. The maximum absolute atomic E-state index is 13.5. The predicted octanol–water partition coefficient (Wildman–Crippen LogP) is 2.24. The van der Waals surface area contributed by atoms with Crippen molar-refractivity contribution in [1.29, 1.82) is 0 Å². The van der Waals surface area contributed by atoms with E-state index in [4.69, 9.17) is 10.3 Å². The monoisotopic (exact) mass is 485 g/mol. The number of carbonyl (C=O) groups is 3. The summed E-state index contributed by atoms with van der Waals surface area (Å²) in [6.07, 6.45) is 9.32. The van der Waals surface area contributed by atoms with Crippen LogP contribution >= 0.6 is 0 Å². The molecule has 0 radical (unpaired) electrons. The third-order valence-corrected chi connectivity index (χ3v) is 8.37. The van der Waals surface area contributed by atoms with Crippen molar-refractivity contribution >= 4 is 17.7 Å². The highest BCUT2D eigenvalue weighted by molar-refractivity contribution is 5.93. The van der Waals surface area contributed by atoms with Crippen LogP contribution in [0.3, 0.4) is 0 Å². The summed E-state index contributed by atoms with van der Waals surface area (Å²) in [6.45, 7) is 3.67. The molecule has 3 aliphatic carbocycles. The normalized spacial score (nSPS) is 29.0. The standard InChI is InChI=1S/C26H39N5O4/c1-16-12-22(29-35-16)26(34)31(20-8-9-20)21-10-11-30(25(33)19-6-7-19)23(13-21)24(32)28-15-18-4-2-17(14-27)3-5-18/h12,17-21,23H,2-11,13-15,27H2,1H3,(H,28,32)/t17?,18?,21?,23-/m1/s1. The third kappa shape index (κ3) is 5.55. The van der Waals surface area contributed by atoms with Crippen LogP contribution in [0.1, 0.15) is 80.5 Å². The van der Waals surface area contributed by atoms with Gasteiger partial charge in [-0.15, -0.1) is 0 Å². The number of hydrogen-bond acceptors (Lipinski definition) is 6. The largest absolute Gasteiger partial charge is 0.361 e. The number of rotatable bonds is 8. The Morgan fingerprint density at radius 3 is 2.37 bits per heavy atom. The van der Waals surface area contributed by atoms with Crippen LogP contribution in [0.15, 0.2) is 10.6 Å². The van der Waals surface area contributed by atoms with Crippen molar-refractivity contribution in [2.24, 2.45) is 23.5 Å². The van der Waals surface area contributed by atoms with Crippen LogP contribution in [0.5, 0.6) is 0 Å². The maximum atomic E-state index is 13.5. The Kier molecular flexibility index (Phi) is 7.14. The zero-order valence-corrected chi connectivity index (χ0v) is 20.8. The molecule has 3 amide bonds. The van der Waals surface area contributed by atoms with E-state index in [1.54, 1.807) is 17.9 Å². The van der Waals surface area contributed by atoms with Crippen molar-refractivity contribution < 1.29 is 18.9 Å².